The van der Waals surface area contributed by atoms with E-state index in [9.17, 15) is 14.4 Å². The van der Waals surface area contributed by atoms with Crippen molar-refractivity contribution in [2.45, 2.75) is 26.4 Å². The van der Waals surface area contributed by atoms with Crippen molar-refractivity contribution in [2.75, 3.05) is 17.7 Å². The Morgan fingerprint density at radius 3 is 2.04 bits per heavy atom. The zero-order chi connectivity index (χ0) is 20.1. The van der Waals surface area contributed by atoms with Crippen LogP contribution in [-0.4, -0.2) is 28.1 Å². The Bertz CT molecular complexity index is 1050. The van der Waals surface area contributed by atoms with Crippen molar-refractivity contribution in [2.24, 2.45) is 0 Å². The first-order valence-electron chi connectivity index (χ1n) is 9.10. The molecule has 1 heterocycles. The molecule has 0 radical (unpaired) electrons. The summed E-state index contributed by atoms with van der Waals surface area (Å²) in [6.07, 6.45) is 0.830. The molecule has 8 nitrogen and oxygen atoms in total. The zero-order valence-corrected chi connectivity index (χ0v) is 15.9. The van der Waals surface area contributed by atoms with Gasteiger partial charge in [0.05, 0.1) is 11.0 Å². The molecule has 0 saturated heterocycles. The number of carbonyl (C=O) groups is 2. The Morgan fingerprint density at radius 1 is 0.893 bits per heavy atom. The van der Waals surface area contributed by atoms with E-state index < -0.39 is 0 Å². The summed E-state index contributed by atoms with van der Waals surface area (Å²) in [6.45, 7) is 2.54. The lowest BCUT2D eigenvalue weighted by Gasteiger charge is -2.08. The minimum atomic E-state index is -0.320. The average Bonchev–Trinajstić information content (AvgIpc) is 2.95. The summed E-state index contributed by atoms with van der Waals surface area (Å²) < 4.78 is 3.18. The van der Waals surface area contributed by atoms with Gasteiger partial charge in [0.1, 0.15) is 6.54 Å². The van der Waals surface area contributed by atoms with Gasteiger partial charge in [0, 0.05) is 25.0 Å². The third kappa shape index (κ3) is 4.06. The summed E-state index contributed by atoms with van der Waals surface area (Å²) >= 11 is 0. The van der Waals surface area contributed by atoms with Gasteiger partial charge in [-0.25, -0.2) is 9.59 Å². The molecule has 28 heavy (non-hydrogen) atoms. The molecule has 0 spiro atoms. The molecule has 3 amide bonds. The van der Waals surface area contributed by atoms with Crippen LogP contribution < -0.4 is 21.6 Å². The largest absolute Gasteiger partial charge is 0.341 e. The monoisotopic (exact) mass is 381 g/mol. The lowest BCUT2D eigenvalue weighted by Crippen LogP contribution is -2.29. The number of hydrogen-bond acceptors (Lipinski definition) is 3. The van der Waals surface area contributed by atoms with Crippen LogP contribution in [0.2, 0.25) is 0 Å². The SMILES string of the molecule is CCCn1c(=O)n(CC(=O)Nc2ccc(NC(=O)NC)cc2)c2ccccc21. The number of imidazole rings is 1. The first-order chi connectivity index (χ1) is 13.5. The molecule has 0 unspecified atom stereocenters. The predicted octanol–water partition coefficient (Wildman–Crippen LogP) is 2.60. The van der Waals surface area contributed by atoms with Gasteiger partial charge in [-0.15, -0.1) is 0 Å². The van der Waals surface area contributed by atoms with E-state index in [4.69, 9.17) is 0 Å². The summed E-state index contributed by atoms with van der Waals surface area (Å²) in [5.74, 6) is -0.298. The third-order valence-corrected chi connectivity index (χ3v) is 4.33. The molecule has 8 heteroatoms. The highest BCUT2D eigenvalue weighted by molar-refractivity contribution is 5.93. The van der Waals surface area contributed by atoms with Crippen LogP contribution >= 0.6 is 0 Å². The molecular formula is C20H23N5O3. The fourth-order valence-corrected chi connectivity index (χ4v) is 3.04. The highest BCUT2D eigenvalue weighted by Gasteiger charge is 2.15. The number of anilines is 2. The lowest BCUT2D eigenvalue weighted by molar-refractivity contribution is -0.116. The molecule has 3 N–H and O–H groups in total. The normalized spacial score (nSPS) is 10.6. The molecule has 0 atom stereocenters. The maximum absolute atomic E-state index is 12.7. The van der Waals surface area contributed by atoms with Crippen LogP contribution in [0.4, 0.5) is 16.2 Å². The summed E-state index contributed by atoms with van der Waals surface area (Å²) in [5, 5.41) is 7.89. The Morgan fingerprint density at radius 2 is 1.46 bits per heavy atom. The molecule has 0 aliphatic heterocycles. The summed E-state index contributed by atoms with van der Waals surface area (Å²) in [7, 11) is 1.53. The van der Waals surface area contributed by atoms with Gasteiger partial charge in [-0.1, -0.05) is 19.1 Å². The van der Waals surface area contributed by atoms with Gasteiger partial charge >= 0.3 is 11.7 Å². The molecule has 0 aliphatic rings. The topological polar surface area (TPSA) is 97.2 Å². The Kier molecular flexibility index (Phi) is 5.78. The standard InChI is InChI=1S/C20H23N5O3/c1-3-12-24-16-6-4-5-7-17(16)25(20(24)28)13-18(26)22-14-8-10-15(11-9-14)23-19(27)21-2/h4-11H,3,12-13H2,1-2H3,(H,22,26)(H2,21,23,27). The Labute approximate surface area is 162 Å². The predicted molar refractivity (Wildman–Crippen MR) is 110 cm³/mol. The molecule has 0 bridgehead atoms. The van der Waals surface area contributed by atoms with E-state index in [1.807, 2.05) is 31.2 Å². The summed E-state index contributed by atoms with van der Waals surface area (Å²) in [4.78, 5) is 36.5. The van der Waals surface area contributed by atoms with Crippen LogP contribution in [0.5, 0.6) is 0 Å². The van der Waals surface area contributed by atoms with Crippen molar-refractivity contribution in [3.63, 3.8) is 0 Å². The smallest absolute Gasteiger partial charge is 0.329 e. The van der Waals surface area contributed by atoms with E-state index in [0.29, 0.717) is 17.9 Å². The van der Waals surface area contributed by atoms with Crippen molar-refractivity contribution >= 4 is 34.3 Å². The van der Waals surface area contributed by atoms with Crippen LogP contribution in [0.1, 0.15) is 13.3 Å². The van der Waals surface area contributed by atoms with E-state index in [2.05, 4.69) is 16.0 Å². The second-order valence-corrected chi connectivity index (χ2v) is 6.34. The molecule has 0 saturated carbocycles. The van der Waals surface area contributed by atoms with E-state index in [1.165, 1.54) is 11.6 Å². The number of amides is 3. The van der Waals surface area contributed by atoms with Crippen LogP contribution in [0.25, 0.3) is 11.0 Å². The lowest BCUT2D eigenvalue weighted by atomic mass is 10.2. The average molecular weight is 381 g/mol. The number of aromatic nitrogens is 2. The van der Waals surface area contributed by atoms with Gasteiger partial charge in [-0.05, 0) is 42.8 Å². The number of rotatable bonds is 6. The van der Waals surface area contributed by atoms with E-state index in [-0.39, 0.29) is 24.2 Å². The minimum Gasteiger partial charge on any atom is -0.341 e. The molecule has 0 fully saturated rings. The van der Waals surface area contributed by atoms with Crippen molar-refractivity contribution in [3.8, 4) is 0 Å². The molecule has 146 valence electrons. The van der Waals surface area contributed by atoms with Gasteiger partial charge in [0.25, 0.3) is 0 Å². The fraction of sp³-hybridized carbons (Fsp3) is 0.250. The van der Waals surface area contributed by atoms with Crippen LogP contribution in [0.3, 0.4) is 0 Å². The summed E-state index contributed by atoms with van der Waals surface area (Å²) in [6, 6.07) is 13.9. The second-order valence-electron chi connectivity index (χ2n) is 6.34. The number of fused-ring (bicyclic) bond motifs is 1. The van der Waals surface area contributed by atoms with E-state index >= 15 is 0 Å². The second kappa shape index (κ2) is 8.43. The van der Waals surface area contributed by atoms with Crippen molar-refractivity contribution in [1.29, 1.82) is 0 Å². The van der Waals surface area contributed by atoms with Gasteiger partial charge in [-0.2, -0.15) is 0 Å². The maximum Gasteiger partial charge on any atom is 0.329 e. The first kappa shape index (κ1) is 19.2. The highest BCUT2D eigenvalue weighted by atomic mass is 16.2. The van der Waals surface area contributed by atoms with Crippen molar-refractivity contribution in [1.82, 2.24) is 14.5 Å². The number of nitrogens with one attached hydrogen (secondary N) is 3. The summed E-state index contributed by atoms with van der Waals surface area (Å²) in [5.41, 5.74) is 2.56. The van der Waals surface area contributed by atoms with Gasteiger partial charge in [-0.3, -0.25) is 13.9 Å². The Hall–Kier alpha value is -3.55. The number of urea groups is 1. The number of para-hydroxylation sites is 2. The molecule has 3 aromatic rings. The fourth-order valence-electron chi connectivity index (χ4n) is 3.04. The van der Waals surface area contributed by atoms with Crippen molar-refractivity contribution < 1.29 is 9.59 Å². The van der Waals surface area contributed by atoms with Crippen LogP contribution in [-0.2, 0) is 17.9 Å². The molecule has 2 aromatic carbocycles. The van der Waals surface area contributed by atoms with Crippen LogP contribution in [0, 0.1) is 0 Å². The Balaban J connectivity index is 1.76. The molecule has 1 aromatic heterocycles. The number of hydrogen-bond donors (Lipinski definition) is 3. The maximum atomic E-state index is 12.7. The van der Waals surface area contributed by atoms with E-state index in [0.717, 1.165) is 17.5 Å². The minimum absolute atomic E-state index is 0.0751. The van der Waals surface area contributed by atoms with Crippen molar-refractivity contribution in [3.05, 3.63) is 59.0 Å². The number of aryl methyl sites for hydroxylation is 1. The first-order valence-corrected chi connectivity index (χ1v) is 9.10. The van der Waals surface area contributed by atoms with Gasteiger partial charge in [0.2, 0.25) is 5.91 Å². The quantitative estimate of drug-likeness (QED) is 0.612. The molecule has 3 rings (SSSR count). The van der Waals surface area contributed by atoms with Gasteiger partial charge < -0.3 is 16.0 Å². The third-order valence-electron chi connectivity index (χ3n) is 4.33. The highest BCUT2D eigenvalue weighted by Crippen LogP contribution is 2.15. The number of carbonyl (C=O) groups excluding carboxylic acids is 2. The molecular weight excluding hydrogens is 358 g/mol. The van der Waals surface area contributed by atoms with Gasteiger partial charge in [0.15, 0.2) is 0 Å². The zero-order valence-electron chi connectivity index (χ0n) is 15.9. The number of nitrogens with zero attached hydrogens (tertiary/aromatic N) is 2. The molecule has 0 aliphatic carbocycles. The number of benzene rings is 2. The van der Waals surface area contributed by atoms with Crippen LogP contribution in [0.15, 0.2) is 53.3 Å². The van der Waals surface area contributed by atoms with E-state index in [1.54, 1.807) is 28.8 Å².